The molecule has 1 heterocycles. The summed E-state index contributed by atoms with van der Waals surface area (Å²) in [6.07, 6.45) is 0. The van der Waals surface area contributed by atoms with E-state index in [1.54, 1.807) is 12.1 Å². The molecule has 7 heteroatoms. The first-order valence-corrected chi connectivity index (χ1v) is 7.92. The number of phenols is 1. The molecule has 0 saturated carbocycles. The molecule has 0 bridgehead atoms. The molecular formula is C17H27ClN2O4. The highest BCUT2D eigenvalue weighted by atomic mass is 35.5. The number of carbonyl (C=O) groups excluding carboxylic acids is 1. The second-order valence-electron chi connectivity index (χ2n) is 6.66. The number of rotatable bonds is 5. The van der Waals surface area contributed by atoms with Crippen molar-refractivity contribution in [3.8, 4) is 11.5 Å². The number of nitrogens with zero attached hydrogens (tertiary/aromatic N) is 1. The molecule has 1 atom stereocenters. The van der Waals surface area contributed by atoms with Crippen molar-refractivity contribution in [2.45, 2.75) is 26.8 Å². The molecule has 0 radical (unpaired) electrons. The Morgan fingerprint density at radius 3 is 2.50 bits per heavy atom. The van der Waals surface area contributed by atoms with Gasteiger partial charge >= 0.3 is 5.97 Å². The number of aliphatic hydroxyl groups excluding tert-OH is 1. The van der Waals surface area contributed by atoms with Crippen molar-refractivity contribution < 1.29 is 19.7 Å². The number of aromatic hydroxyl groups is 1. The van der Waals surface area contributed by atoms with Gasteiger partial charge in [0.25, 0.3) is 0 Å². The molecule has 1 aliphatic heterocycles. The molecule has 0 unspecified atom stereocenters. The standard InChI is InChI=1S/C17H26N2O4.ClH/c1-12(21)23-15-5-4-13(10-14(15)22)16(17(2,3)11-20)19-8-6-18-7-9-19;/h4-5,10,16,18,20,22H,6-9,11H2,1-3H3;1H/t16-;/m0./s1. The summed E-state index contributed by atoms with van der Waals surface area (Å²) < 4.78 is 4.98. The van der Waals surface area contributed by atoms with E-state index in [1.807, 2.05) is 19.9 Å². The number of hydrogen-bond acceptors (Lipinski definition) is 6. The smallest absolute Gasteiger partial charge is 0.308 e. The van der Waals surface area contributed by atoms with Crippen LogP contribution in [-0.2, 0) is 4.79 Å². The first-order valence-electron chi connectivity index (χ1n) is 7.92. The van der Waals surface area contributed by atoms with Gasteiger partial charge in [0.2, 0.25) is 0 Å². The van der Waals surface area contributed by atoms with Crippen LogP contribution >= 0.6 is 12.4 Å². The lowest BCUT2D eigenvalue weighted by molar-refractivity contribution is -0.132. The molecule has 1 saturated heterocycles. The molecule has 1 aromatic carbocycles. The molecule has 6 nitrogen and oxygen atoms in total. The van der Waals surface area contributed by atoms with E-state index in [9.17, 15) is 15.0 Å². The van der Waals surface area contributed by atoms with Crippen LogP contribution in [0.3, 0.4) is 0 Å². The van der Waals surface area contributed by atoms with E-state index in [1.165, 1.54) is 6.92 Å². The summed E-state index contributed by atoms with van der Waals surface area (Å²) in [5.74, 6) is -0.379. The summed E-state index contributed by atoms with van der Waals surface area (Å²) in [6.45, 7) is 8.90. The van der Waals surface area contributed by atoms with Crippen molar-refractivity contribution in [3.63, 3.8) is 0 Å². The zero-order valence-corrected chi connectivity index (χ0v) is 15.2. The third kappa shape index (κ3) is 4.83. The molecule has 1 aromatic rings. The topological polar surface area (TPSA) is 82.0 Å². The third-order valence-corrected chi connectivity index (χ3v) is 4.22. The fourth-order valence-corrected chi connectivity index (χ4v) is 3.13. The van der Waals surface area contributed by atoms with Crippen molar-refractivity contribution in [2.75, 3.05) is 32.8 Å². The Labute approximate surface area is 149 Å². The number of nitrogens with one attached hydrogen (secondary N) is 1. The highest BCUT2D eigenvalue weighted by Gasteiger charge is 2.36. The van der Waals surface area contributed by atoms with Crippen LogP contribution in [0.4, 0.5) is 0 Å². The second kappa shape index (κ2) is 8.67. The lowest BCUT2D eigenvalue weighted by Crippen LogP contribution is -2.49. The fraction of sp³-hybridized carbons (Fsp3) is 0.588. The van der Waals surface area contributed by atoms with E-state index < -0.39 is 5.97 Å². The largest absolute Gasteiger partial charge is 0.504 e. The molecule has 0 amide bonds. The molecule has 1 fully saturated rings. The molecule has 1 aliphatic rings. The zero-order valence-electron chi connectivity index (χ0n) is 14.4. The summed E-state index contributed by atoms with van der Waals surface area (Å²) in [5, 5.41) is 23.3. The Morgan fingerprint density at radius 2 is 2.00 bits per heavy atom. The van der Waals surface area contributed by atoms with E-state index >= 15 is 0 Å². The summed E-state index contributed by atoms with van der Waals surface area (Å²) in [6, 6.07) is 5.05. The maximum absolute atomic E-state index is 11.1. The predicted octanol–water partition coefficient (Wildman–Crippen LogP) is 1.70. The number of ether oxygens (including phenoxy) is 1. The molecule has 0 aliphatic carbocycles. The highest BCUT2D eigenvalue weighted by molar-refractivity contribution is 5.85. The second-order valence-corrected chi connectivity index (χ2v) is 6.66. The van der Waals surface area contributed by atoms with Crippen molar-refractivity contribution in [3.05, 3.63) is 23.8 Å². The molecule has 24 heavy (non-hydrogen) atoms. The van der Waals surface area contributed by atoms with Gasteiger partial charge in [0.05, 0.1) is 0 Å². The van der Waals surface area contributed by atoms with Crippen LogP contribution in [0.5, 0.6) is 11.5 Å². The summed E-state index contributed by atoms with van der Waals surface area (Å²) in [5.41, 5.74) is 0.534. The summed E-state index contributed by atoms with van der Waals surface area (Å²) in [4.78, 5) is 13.4. The minimum atomic E-state index is -0.470. The summed E-state index contributed by atoms with van der Waals surface area (Å²) >= 11 is 0. The van der Waals surface area contributed by atoms with Crippen LogP contribution in [0.25, 0.3) is 0 Å². The van der Waals surface area contributed by atoms with E-state index in [0.29, 0.717) is 0 Å². The van der Waals surface area contributed by atoms with Gasteiger partial charge in [-0.25, -0.2) is 0 Å². The van der Waals surface area contributed by atoms with Crippen molar-refractivity contribution >= 4 is 18.4 Å². The molecular weight excluding hydrogens is 332 g/mol. The van der Waals surface area contributed by atoms with E-state index in [4.69, 9.17) is 4.74 Å². The van der Waals surface area contributed by atoms with Gasteiger partial charge in [0, 0.05) is 51.2 Å². The molecule has 3 N–H and O–H groups in total. The first kappa shape index (κ1) is 20.7. The van der Waals surface area contributed by atoms with E-state index in [0.717, 1.165) is 31.7 Å². The number of carbonyl (C=O) groups is 1. The van der Waals surface area contributed by atoms with Crippen molar-refractivity contribution in [1.82, 2.24) is 10.2 Å². The lowest BCUT2D eigenvalue weighted by atomic mass is 9.79. The third-order valence-electron chi connectivity index (χ3n) is 4.22. The van der Waals surface area contributed by atoms with Crippen LogP contribution in [0.1, 0.15) is 32.4 Å². The Hall–Kier alpha value is -1.34. The van der Waals surface area contributed by atoms with E-state index in [2.05, 4.69) is 10.2 Å². The minimum Gasteiger partial charge on any atom is -0.504 e. The highest BCUT2D eigenvalue weighted by Crippen LogP contribution is 2.41. The number of aliphatic hydroxyl groups is 1. The van der Waals surface area contributed by atoms with Gasteiger partial charge in [0.1, 0.15) is 0 Å². The van der Waals surface area contributed by atoms with Crippen LogP contribution in [0.15, 0.2) is 18.2 Å². The quantitative estimate of drug-likeness (QED) is 0.549. The average molecular weight is 359 g/mol. The predicted molar refractivity (Wildman–Crippen MR) is 94.7 cm³/mol. The normalized spacial score (nSPS) is 17.0. The van der Waals surface area contributed by atoms with Gasteiger partial charge in [-0.1, -0.05) is 19.9 Å². The Kier molecular flexibility index (Phi) is 7.48. The monoisotopic (exact) mass is 358 g/mol. The Morgan fingerprint density at radius 1 is 1.38 bits per heavy atom. The fourth-order valence-electron chi connectivity index (χ4n) is 3.13. The van der Waals surface area contributed by atoms with Gasteiger partial charge in [-0.05, 0) is 17.7 Å². The SMILES string of the molecule is CC(=O)Oc1ccc([C@H](N2CCNCC2)C(C)(C)CO)cc1O.Cl. The maximum Gasteiger partial charge on any atom is 0.308 e. The van der Waals surface area contributed by atoms with Gasteiger partial charge in [-0.15, -0.1) is 12.4 Å². The van der Waals surface area contributed by atoms with Gasteiger partial charge in [-0.2, -0.15) is 0 Å². The number of halogens is 1. The van der Waals surface area contributed by atoms with Gasteiger partial charge in [0.15, 0.2) is 11.5 Å². The Balaban J connectivity index is 0.00000288. The lowest BCUT2D eigenvalue weighted by Gasteiger charge is -2.43. The van der Waals surface area contributed by atoms with Crippen molar-refractivity contribution in [2.24, 2.45) is 5.41 Å². The van der Waals surface area contributed by atoms with Crippen LogP contribution in [0.2, 0.25) is 0 Å². The number of piperazine rings is 1. The summed E-state index contributed by atoms with van der Waals surface area (Å²) in [7, 11) is 0. The maximum atomic E-state index is 11.1. The van der Waals surface area contributed by atoms with Gasteiger partial charge < -0.3 is 20.3 Å². The zero-order chi connectivity index (χ0) is 17.0. The van der Waals surface area contributed by atoms with Crippen LogP contribution < -0.4 is 10.1 Å². The molecule has 0 aromatic heterocycles. The minimum absolute atomic E-state index is 0. The van der Waals surface area contributed by atoms with Crippen LogP contribution in [0, 0.1) is 5.41 Å². The van der Waals surface area contributed by atoms with Crippen LogP contribution in [-0.4, -0.2) is 53.9 Å². The molecule has 0 spiro atoms. The molecule has 136 valence electrons. The number of benzene rings is 1. The number of phenolic OH excluding ortho intramolecular Hbond substituents is 1. The first-order chi connectivity index (χ1) is 10.8. The average Bonchev–Trinajstić information content (AvgIpc) is 2.50. The number of hydrogen-bond donors (Lipinski definition) is 3. The Bertz CT molecular complexity index is 560. The van der Waals surface area contributed by atoms with Gasteiger partial charge in [-0.3, -0.25) is 9.69 Å². The number of esters is 1. The molecule has 2 rings (SSSR count). The van der Waals surface area contributed by atoms with Crippen molar-refractivity contribution in [1.29, 1.82) is 0 Å². The van der Waals surface area contributed by atoms with E-state index in [-0.39, 0.29) is 42.0 Å².